The molecular formula is C15H17ClN2O2. The highest BCUT2D eigenvalue weighted by atomic mass is 35.5. The largest absolute Gasteiger partial charge is 0.384 e. The standard InChI is InChI=1S/C15H17ClN2O2/c16-13-7-6-12(5-4-10-19)11-14(13)17-15(20)18-8-2-1-3-9-18/h6-7,11,19H,1-3,8-10H2,(H,17,20). The molecule has 1 aromatic carbocycles. The molecule has 1 aromatic rings. The molecule has 1 heterocycles. The molecule has 0 unspecified atom stereocenters. The third kappa shape index (κ3) is 3.89. The van der Waals surface area contributed by atoms with Gasteiger partial charge in [0.15, 0.2) is 0 Å². The van der Waals surface area contributed by atoms with E-state index in [1.165, 1.54) is 6.42 Å². The second-order valence-electron chi connectivity index (χ2n) is 4.63. The van der Waals surface area contributed by atoms with Gasteiger partial charge in [-0.3, -0.25) is 0 Å². The number of nitrogens with zero attached hydrogens (tertiary/aromatic N) is 1. The molecule has 0 bridgehead atoms. The maximum absolute atomic E-state index is 12.1. The SMILES string of the molecule is O=C(Nc1cc(C#CCO)ccc1Cl)N1CCCCC1. The molecule has 2 amide bonds. The van der Waals surface area contributed by atoms with Crippen molar-refractivity contribution in [2.24, 2.45) is 0 Å². The molecule has 1 aliphatic heterocycles. The minimum absolute atomic E-state index is 0.126. The Morgan fingerprint density at radius 1 is 1.35 bits per heavy atom. The Hall–Kier alpha value is -1.70. The number of hydrogen-bond acceptors (Lipinski definition) is 2. The van der Waals surface area contributed by atoms with E-state index in [0.29, 0.717) is 16.3 Å². The minimum Gasteiger partial charge on any atom is -0.384 e. The summed E-state index contributed by atoms with van der Waals surface area (Å²) in [6, 6.07) is 5.03. The molecule has 0 radical (unpaired) electrons. The molecule has 0 spiro atoms. The molecule has 0 atom stereocenters. The number of piperidine rings is 1. The number of carbonyl (C=O) groups excluding carboxylic acids is 1. The monoisotopic (exact) mass is 292 g/mol. The summed E-state index contributed by atoms with van der Waals surface area (Å²) in [5, 5.41) is 12.0. The van der Waals surface area contributed by atoms with Crippen LogP contribution in [0, 0.1) is 11.8 Å². The van der Waals surface area contributed by atoms with E-state index in [1.54, 1.807) is 23.1 Å². The van der Waals surface area contributed by atoms with Crippen molar-refractivity contribution in [1.29, 1.82) is 0 Å². The van der Waals surface area contributed by atoms with E-state index < -0.39 is 0 Å². The number of hydrogen-bond donors (Lipinski definition) is 2. The van der Waals surface area contributed by atoms with Crippen LogP contribution in [0.1, 0.15) is 24.8 Å². The van der Waals surface area contributed by atoms with Gasteiger partial charge in [0, 0.05) is 18.7 Å². The van der Waals surface area contributed by atoms with Crippen molar-refractivity contribution in [2.75, 3.05) is 25.0 Å². The zero-order chi connectivity index (χ0) is 14.4. The summed E-state index contributed by atoms with van der Waals surface area (Å²) in [6.45, 7) is 1.37. The molecule has 0 aliphatic carbocycles. The molecule has 20 heavy (non-hydrogen) atoms. The van der Waals surface area contributed by atoms with Crippen molar-refractivity contribution in [3.63, 3.8) is 0 Å². The predicted molar refractivity (Wildman–Crippen MR) is 79.9 cm³/mol. The quantitative estimate of drug-likeness (QED) is 0.782. The Morgan fingerprint density at radius 2 is 2.10 bits per heavy atom. The highest BCUT2D eigenvalue weighted by Gasteiger charge is 2.17. The van der Waals surface area contributed by atoms with Crippen LogP contribution < -0.4 is 5.32 Å². The molecule has 2 N–H and O–H groups in total. The first-order valence-corrected chi connectivity index (χ1v) is 7.03. The van der Waals surface area contributed by atoms with E-state index in [4.69, 9.17) is 16.7 Å². The van der Waals surface area contributed by atoms with Crippen molar-refractivity contribution < 1.29 is 9.90 Å². The number of anilines is 1. The Morgan fingerprint density at radius 3 is 2.80 bits per heavy atom. The minimum atomic E-state index is -0.196. The normalized spacial score (nSPS) is 14.4. The number of amides is 2. The van der Waals surface area contributed by atoms with E-state index in [9.17, 15) is 4.79 Å². The van der Waals surface area contributed by atoms with Gasteiger partial charge >= 0.3 is 6.03 Å². The van der Waals surface area contributed by atoms with E-state index in [-0.39, 0.29) is 12.6 Å². The number of aliphatic hydroxyl groups excluding tert-OH is 1. The molecule has 4 nitrogen and oxygen atoms in total. The van der Waals surface area contributed by atoms with Crippen LogP contribution in [0.4, 0.5) is 10.5 Å². The van der Waals surface area contributed by atoms with Crippen LogP contribution >= 0.6 is 11.6 Å². The molecule has 1 saturated heterocycles. The summed E-state index contributed by atoms with van der Waals surface area (Å²) in [6.07, 6.45) is 3.27. The topological polar surface area (TPSA) is 52.6 Å². The summed E-state index contributed by atoms with van der Waals surface area (Å²) >= 11 is 6.08. The molecule has 0 aromatic heterocycles. The number of halogens is 1. The number of urea groups is 1. The van der Waals surface area contributed by atoms with Gasteiger partial charge in [-0.2, -0.15) is 0 Å². The van der Waals surface area contributed by atoms with Crippen LogP contribution in [0.3, 0.4) is 0 Å². The Balaban J connectivity index is 2.09. The average Bonchev–Trinajstić information content (AvgIpc) is 2.49. The van der Waals surface area contributed by atoms with Crippen LogP contribution in [0.15, 0.2) is 18.2 Å². The van der Waals surface area contributed by atoms with Gasteiger partial charge in [-0.1, -0.05) is 23.4 Å². The van der Waals surface area contributed by atoms with Crippen LogP contribution in [-0.4, -0.2) is 35.7 Å². The third-order valence-electron chi connectivity index (χ3n) is 3.16. The maximum Gasteiger partial charge on any atom is 0.321 e. The zero-order valence-electron chi connectivity index (χ0n) is 11.2. The molecule has 1 aliphatic rings. The average molecular weight is 293 g/mol. The summed E-state index contributed by atoms with van der Waals surface area (Å²) < 4.78 is 0. The Kier molecular flexibility index (Phi) is 5.28. The van der Waals surface area contributed by atoms with Gasteiger partial charge in [0.05, 0.1) is 10.7 Å². The van der Waals surface area contributed by atoms with Crippen LogP contribution in [0.5, 0.6) is 0 Å². The number of rotatable bonds is 1. The lowest BCUT2D eigenvalue weighted by molar-refractivity contribution is 0.200. The lowest BCUT2D eigenvalue weighted by atomic mass is 10.1. The van der Waals surface area contributed by atoms with Gasteiger partial charge in [-0.25, -0.2) is 4.79 Å². The van der Waals surface area contributed by atoms with Gasteiger partial charge in [0.1, 0.15) is 6.61 Å². The zero-order valence-corrected chi connectivity index (χ0v) is 11.9. The van der Waals surface area contributed by atoms with Gasteiger partial charge in [-0.15, -0.1) is 0 Å². The second-order valence-corrected chi connectivity index (χ2v) is 5.04. The first kappa shape index (κ1) is 14.7. The number of carbonyl (C=O) groups is 1. The van der Waals surface area contributed by atoms with Gasteiger partial charge in [0.25, 0.3) is 0 Å². The lowest BCUT2D eigenvalue weighted by Crippen LogP contribution is -2.38. The molecule has 106 valence electrons. The molecule has 1 fully saturated rings. The van der Waals surface area contributed by atoms with Crippen molar-refractivity contribution >= 4 is 23.3 Å². The lowest BCUT2D eigenvalue weighted by Gasteiger charge is -2.27. The Labute approximate surface area is 123 Å². The summed E-state index contributed by atoms with van der Waals surface area (Å²) in [5.74, 6) is 5.36. The van der Waals surface area contributed by atoms with Crippen molar-refractivity contribution in [2.45, 2.75) is 19.3 Å². The first-order chi connectivity index (χ1) is 9.70. The Bertz CT molecular complexity index is 543. The molecule has 2 rings (SSSR count). The summed E-state index contributed by atoms with van der Waals surface area (Å²) in [5.41, 5.74) is 1.25. The van der Waals surface area contributed by atoms with Gasteiger partial charge in [-0.05, 0) is 37.5 Å². The fourth-order valence-corrected chi connectivity index (χ4v) is 2.30. The van der Waals surface area contributed by atoms with Gasteiger partial charge < -0.3 is 15.3 Å². The number of aliphatic hydroxyl groups is 1. The highest BCUT2D eigenvalue weighted by Crippen LogP contribution is 2.23. The van der Waals surface area contributed by atoms with Crippen LogP contribution in [0.25, 0.3) is 0 Å². The second kappa shape index (κ2) is 7.18. The van der Waals surface area contributed by atoms with Crippen LogP contribution in [-0.2, 0) is 0 Å². The van der Waals surface area contributed by atoms with Gasteiger partial charge in [0.2, 0.25) is 0 Å². The predicted octanol–water partition coefficient (Wildman–Crippen LogP) is 2.70. The van der Waals surface area contributed by atoms with E-state index in [1.807, 2.05) is 0 Å². The van der Waals surface area contributed by atoms with E-state index in [2.05, 4.69) is 17.2 Å². The van der Waals surface area contributed by atoms with E-state index in [0.717, 1.165) is 25.9 Å². The number of likely N-dealkylation sites (tertiary alicyclic amines) is 1. The maximum atomic E-state index is 12.1. The molecule has 0 saturated carbocycles. The van der Waals surface area contributed by atoms with Crippen molar-refractivity contribution in [3.05, 3.63) is 28.8 Å². The first-order valence-electron chi connectivity index (χ1n) is 6.66. The smallest absolute Gasteiger partial charge is 0.321 e. The molecule has 5 heteroatoms. The van der Waals surface area contributed by atoms with Crippen molar-refractivity contribution in [3.8, 4) is 11.8 Å². The van der Waals surface area contributed by atoms with E-state index >= 15 is 0 Å². The fourth-order valence-electron chi connectivity index (χ4n) is 2.13. The highest BCUT2D eigenvalue weighted by molar-refractivity contribution is 6.33. The molecular weight excluding hydrogens is 276 g/mol. The van der Waals surface area contributed by atoms with Crippen LogP contribution in [0.2, 0.25) is 5.02 Å². The number of nitrogens with one attached hydrogen (secondary N) is 1. The fraction of sp³-hybridized carbons (Fsp3) is 0.400. The summed E-state index contributed by atoms with van der Waals surface area (Å²) in [4.78, 5) is 13.9. The van der Waals surface area contributed by atoms with Crippen molar-refractivity contribution in [1.82, 2.24) is 4.90 Å². The number of benzene rings is 1. The summed E-state index contributed by atoms with van der Waals surface area (Å²) in [7, 11) is 0. The third-order valence-corrected chi connectivity index (χ3v) is 3.49.